The number of hydrogen-bond acceptors (Lipinski definition) is 2. The summed E-state index contributed by atoms with van der Waals surface area (Å²) in [6, 6.07) is 11.7. The van der Waals surface area contributed by atoms with Gasteiger partial charge in [-0.25, -0.2) is 9.18 Å². The predicted octanol–water partition coefficient (Wildman–Crippen LogP) is 2.85. The Morgan fingerprint density at radius 1 is 1.16 bits per heavy atom. The summed E-state index contributed by atoms with van der Waals surface area (Å²) < 4.78 is 12.9. The average molecular weight is 260 g/mol. The molecule has 0 saturated heterocycles. The maximum Gasteiger partial charge on any atom is 0.319 e. The Kier molecular flexibility index (Phi) is 3.97. The fourth-order valence-electron chi connectivity index (χ4n) is 1.55. The van der Waals surface area contributed by atoms with Gasteiger partial charge in [-0.3, -0.25) is 0 Å². The van der Waals surface area contributed by atoms with E-state index in [2.05, 4.69) is 10.6 Å². The van der Waals surface area contributed by atoms with Gasteiger partial charge in [-0.05, 0) is 42.0 Å². The van der Waals surface area contributed by atoms with Crippen LogP contribution in [0.3, 0.4) is 0 Å². The minimum atomic E-state index is -0.394. The largest absolute Gasteiger partial charge is 0.508 e. The number of phenolic OH excluding ortho intramolecular Hbond substituents is 1. The molecule has 2 aromatic rings. The number of anilines is 1. The zero-order valence-electron chi connectivity index (χ0n) is 10.1. The quantitative estimate of drug-likeness (QED) is 0.743. The molecular weight excluding hydrogens is 247 g/mol. The van der Waals surface area contributed by atoms with Gasteiger partial charge in [0.25, 0.3) is 0 Å². The molecule has 0 bridgehead atoms. The molecule has 3 N–H and O–H groups in total. The highest BCUT2D eigenvalue weighted by Gasteiger charge is 2.02. The Balaban J connectivity index is 1.86. The highest BCUT2D eigenvalue weighted by atomic mass is 19.1. The van der Waals surface area contributed by atoms with Crippen molar-refractivity contribution in [1.82, 2.24) is 5.32 Å². The Morgan fingerprint density at radius 2 is 1.89 bits per heavy atom. The molecule has 0 atom stereocenters. The first-order valence-electron chi connectivity index (χ1n) is 5.72. The summed E-state index contributed by atoms with van der Waals surface area (Å²) in [4.78, 5) is 11.6. The van der Waals surface area contributed by atoms with Crippen molar-refractivity contribution in [3.63, 3.8) is 0 Å². The fourth-order valence-corrected chi connectivity index (χ4v) is 1.55. The van der Waals surface area contributed by atoms with E-state index in [1.54, 1.807) is 24.3 Å². The number of halogens is 1. The molecular formula is C14H13FN2O2. The lowest BCUT2D eigenvalue weighted by atomic mass is 10.2. The van der Waals surface area contributed by atoms with Crippen LogP contribution in [0.15, 0.2) is 48.5 Å². The van der Waals surface area contributed by atoms with E-state index >= 15 is 0 Å². The molecule has 0 aliphatic heterocycles. The van der Waals surface area contributed by atoms with E-state index in [9.17, 15) is 9.18 Å². The maximum absolute atomic E-state index is 12.9. The Hall–Kier alpha value is -2.56. The fraction of sp³-hybridized carbons (Fsp3) is 0.0714. The number of aromatic hydroxyl groups is 1. The summed E-state index contributed by atoms with van der Waals surface area (Å²) in [6.07, 6.45) is 0. The second-order valence-electron chi connectivity index (χ2n) is 3.98. The van der Waals surface area contributed by atoms with Gasteiger partial charge in [-0.15, -0.1) is 0 Å². The molecule has 0 unspecified atom stereocenters. The van der Waals surface area contributed by atoms with Gasteiger partial charge < -0.3 is 15.7 Å². The molecule has 0 radical (unpaired) electrons. The van der Waals surface area contributed by atoms with Gasteiger partial charge in [0.05, 0.1) is 0 Å². The lowest BCUT2D eigenvalue weighted by Gasteiger charge is -2.07. The first-order chi connectivity index (χ1) is 9.13. The van der Waals surface area contributed by atoms with E-state index in [0.29, 0.717) is 11.3 Å². The van der Waals surface area contributed by atoms with Crippen LogP contribution in [0.1, 0.15) is 5.56 Å². The molecule has 0 fully saturated rings. The number of carbonyl (C=O) groups is 1. The molecule has 0 spiro atoms. The number of urea groups is 1. The molecule has 0 saturated carbocycles. The van der Waals surface area contributed by atoms with Crippen molar-refractivity contribution < 1.29 is 14.3 Å². The highest BCUT2D eigenvalue weighted by Crippen LogP contribution is 2.13. The lowest BCUT2D eigenvalue weighted by molar-refractivity contribution is 0.251. The Bertz CT molecular complexity index is 570. The molecule has 2 amide bonds. The van der Waals surface area contributed by atoms with Crippen LogP contribution in [0.2, 0.25) is 0 Å². The molecule has 0 heterocycles. The standard InChI is InChI=1S/C14H13FN2O2/c15-11-3-1-2-10(8-11)9-16-14(19)17-12-4-6-13(18)7-5-12/h1-8,18H,9H2,(H2,16,17,19). The summed E-state index contributed by atoms with van der Waals surface area (Å²) in [6.45, 7) is 0.238. The number of phenols is 1. The van der Waals surface area contributed by atoms with Crippen LogP contribution in [0.5, 0.6) is 5.75 Å². The molecule has 2 rings (SSSR count). The number of nitrogens with one attached hydrogen (secondary N) is 2. The topological polar surface area (TPSA) is 61.4 Å². The summed E-state index contributed by atoms with van der Waals surface area (Å²) in [5, 5.41) is 14.3. The van der Waals surface area contributed by atoms with E-state index < -0.39 is 6.03 Å². The van der Waals surface area contributed by atoms with Gasteiger partial charge in [-0.2, -0.15) is 0 Å². The van der Waals surface area contributed by atoms with Crippen LogP contribution < -0.4 is 10.6 Å². The van der Waals surface area contributed by atoms with Crippen LogP contribution in [0.4, 0.5) is 14.9 Å². The van der Waals surface area contributed by atoms with Gasteiger partial charge in [0.2, 0.25) is 0 Å². The zero-order chi connectivity index (χ0) is 13.7. The molecule has 5 heteroatoms. The summed E-state index contributed by atoms with van der Waals surface area (Å²) >= 11 is 0. The van der Waals surface area contributed by atoms with E-state index in [1.807, 2.05) is 0 Å². The number of hydrogen-bond donors (Lipinski definition) is 3. The zero-order valence-corrected chi connectivity index (χ0v) is 10.1. The smallest absolute Gasteiger partial charge is 0.319 e. The van der Waals surface area contributed by atoms with Crippen LogP contribution in [-0.2, 0) is 6.54 Å². The first-order valence-corrected chi connectivity index (χ1v) is 5.72. The Morgan fingerprint density at radius 3 is 2.58 bits per heavy atom. The monoisotopic (exact) mass is 260 g/mol. The predicted molar refractivity (Wildman–Crippen MR) is 70.4 cm³/mol. The highest BCUT2D eigenvalue weighted by molar-refractivity contribution is 5.89. The van der Waals surface area contributed by atoms with Crippen LogP contribution in [-0.4, -0.2) is 11.1 Å². The summed E-state index contributed by atoms with van der Waals surface area (Å²) in [5.41, 5.74) is 1.25. The molecule has 0 aliphatic carbocycles. The third-order valence-electron chi connectivity index (χ3n) is 2.47. The third-order valence-corrected chi connectivity index (χ3v) is 2.47. The van der Waals surface area contributed by atoms with Gasteiger partial charge in [-0.1, -0.05) is 12.1 Å². The number of amides is 2. The van der Waals surface area contributed by atoms with Crippen molar-refractivity contribution in [3.05, 3.63) is 59.9 Å². The molecule has 19 heavy (non-hydrogen) atoms. The molecule has 0 aromatic heterocycles. The van der Waals surface area contributed by atoms with Crippen molar-refractivity contribution in [2.45, 2.75) is 6.54 Å². The number of rotatable bonds is 3. The van der Waals surface area contributed by atoms with Crippen molar-refractivity contribution in [1.29, 1.82) is 0 Å². The van der Waals surface area contributed by atoms with Crippen molar-refractivity contribution in [3.8, 4) is 5.75 Å². The van der Waals surface area contributed by atoms with Crippen molar-refractivity contribution >= 4 is 11.7 Å². The van der Waals surface area contributed by atoms with Crippen LogP contribution >= 0.6 is 0 Å². The van der Waals surface area contributed by atoms with E-state index in [-0.39, 0.29) is 18.1 Å². The van der Waals surface area contributed by atoms with E-state index in [0.717, 1.165) is 0 Å². The SMILES string of the molecule is O=C(NCc1cccc(F)c1)Nc1ccc(O)cc1. The average Bonchev–Trinajstić information content (AvgIpc) is 2.39. The third kappa shape index (κ3) is 3.99. The molecule has 0 aliphatic rings. The Labute approximate surface area is 109 Å². The summed E-state index contributed by atoms with van der Waals surface area (Å²) in [5.74, 6) is -0.205. The lowest BCUT2D eigenvalue weighted by Crippen LogP contribution is -2.28. The van der Waals surface area contributed by atoms with E-state index in [1.165, 1.54) is 24.3 Å². The second kappa shape index (κ2) is 5.86. The molecule has 4 nitrogen and oxygen atoms in total. The first kappa shape index (κ1) is 12.9. The normalized spacial score (nSPS) is 9.95. The minimum absolute atomic E-state index is 0.130. The summed E-state index contributed by atoms with van der Waals surface area (Å²) in [7, 11) is 0. The second-order valence-corrected chi connectivity index (χ2v) is 3.98. The van der Waals surface area contributed by atoms with Crippen LogP contribution in [0, 0.1) is 5.82 Å². The van der Waals surface area contributed by atoms with E-state index in [4.69, 9.17) is 5.11 Å². The number of carbonyl (C=O) groups excluding carboxylic acids is 1. The van der Waals surface area contributed by atoms with Gasteiger partial charge in [0.15, 0.2) is 0 Å². The van der Waals surface area contributed by atoms with Gasteiger partial charge >= 0.3 is 6.03 Å². The van der Waals surface area contributed by atoms with Crippen molar-refractivity contribution in [2.75, 3.05) is 5.32 Å². The van der Waals surface area contributed by atoms with Crippen LogP contribution in [0.25, 0.3) is 0 Å². The maximum atomic E-state index is 12.9. The number of benzene rings is 2. The van der Waals surface area contributed by atoms with Crippen molar-refractivity contribution in [2.24, 2.45) is 0 Å². The molecule has 98 valence electrons. The molecule has 2 aromatic carbocycles. The van der Waals surface area contributed by atoms with Gasteiger partial charge in [0, 0.05) is 12.2 Å². The van der Waals surface area contributed by atoms with Gasteiger partial charge in [0.1, 0.15) is 11.6 Å². The minimum Gasteiger partial charge on any atom is -0.508 e.